The highest BCUT2D eigenvalue weighted by Crippen LogP contribution is 2.38. The maximum atomic E-state index is 11.9. The molecule has 1 N–H and O–H groups in total. The molecule has 0 atom stereocenters. The van der Waals surface area contributed by atoms with Crippen molar-refractivity contribution in [1.29, 1.82) is 0 Å². The van der Waals surface area contributed by atoms with Crippen LogP contribution < -0.4 is 5.32 Å². The van der Waals surface area contributed by atoms with Crippen molar-refractivity contribution in [1.82, 2.24) is 5.32 Å². The molecule has 0 unspecified atom stereocenters. The number of hydrogen-bond donors (Lipinski definition) is 1. The number of rotatable bonds is 6. The van der Waals surface area contributed by atoms with Crippen LogP contribution in [0.3, 0.4) is 0 Å². The molecular weight excluding hydrogens is 222 g/mol. The maximum Gasteiger partial charge on any atom is 0.223 e. The molecule has 0 aliphatic heterocycles. The van der Waals surface area contributed by atoms with Gasteiger partial charge in [-0.1, -0.05) is 26.7 Å². The molecule has 0 radical (unpaired) electrons. The van der Waals surface area contributed by atoms with Crippen molar-refractivity contribution in [2.75, 3.05) is 12.4 Å². The van der Waals surface area contributed by atoms with Gasteiger partial charge >= 0.3 is 0 Å². The topological polar surface area (TPSA) is 29.1 Å². The van der Waals surface area contributed by atoms with E-state index in [1.807, 2.05) is 0 Å². The lowest BCUT2D eigenvalue weighted by Crippen LogP contribution is -2.39. The van der Waals surface area contributed by atoms with Crippen LogP contribution in [-0.4, -0.2) is 18.3 Å². The molecule has 1 fully saturated rings. The van der Waals surface area contributed by atoms with Crippen molar-refractivity contribution >= 4 is 17.5 Å². The highest BCUT2D eigenvalue weighted by molar-refractivity contribution is 6.18. The number of amides is 1. The fraction of sp³-hybridized carbons (Fsp3) is 0.923. The normalized spacial score (nSPS) is 19.0. The Bertz CT molecular complexity index is 220. The Morgan fingerprint density at radius 2 is 1.88 bits per heavy atom. The monoisotopic (exact) mass is 245 g/mol. The van der Waals surface area contributed by atoms with Crippen LogP contribution in [0.25, 0.3) is 0 Å². The average Bonchev–Trinajstić information content (AvgIpc) is 2.77. The molecule has 1 rings (SSSR count). The van der Waals surface area contributed by atoms with Gasteiger partial charge in [-0.2, -0.15) is 0 Å². The van der Waals surface area contributed by atoms with E-state index in [0.29, 0.717) is 5.88 Å². The number of halogens is 1. The molecule has 0 aromatic rings. The lowest BCUT2D eigenvalue weighted by atomic mass is 9.88. The second kappa shape index (κ2) is 6.48. The van der Waals surface area contributed by atoms with E-state index in [1.165, 1.54) is 25.7 Å². The zero-order valence-electron chi connectivity index (χ0n) is 10.5. The summed E-state index contributed by atoms with van der Waals surface area (Å²) in [4.78, 5) is 11.9. The third-order valence-corrected chi connectivity index (χ3v) is 4.51. The third-order valence-electron chi connectivity index (χ3n) is 3.94. The molecule has 0 bridgehead atoms. The first-order chi connectivity index (χ1) is 7.67. The number of alkyl halides is 1. The summed E-state index contributed by atoms with van der Waals surface area (Å²) < 4.78 is 0. The van der Waals surface area contributed by atoms with Gasteiger partial charge < -0.3 is 5.32 Å². The quantitative estimate of drug-likeness (QED) is 0.715. The van der Waals surface area contributed by atoms with Crippen molar-refractivity contribution in [3.63, 3.8) is 0 Å². The molecule has 1 aliphatic rings. The smallest absolute Gasteiger partial charge is 0.223 e. The van der Waals surface area contributed by atoms with E-state index in [9.17, 15) is 4.79 Å². The van der Waals surface area contributed by atoms with Gasteiger partial charge in [0, 0.05) is 23.8 Å². The zero-order valence-corrected chi connectivity index (χ0v) is 11.3. The SMILES string of the molecule is CCC(CC)C(=O)NCC1(CCl)CCCC1. The molecule has 1 aliphatic carbocycles. The Labute approximate surface area is 104 Å². The molecule has 94 valence electrons. The van der Waals surface area contributed by atoms with Crippen LogP contribution in [-0.2, 0) is 4.79 Å². The van der Waals surface area contributed by atoms with Crippen molar-refractivity contribution < 1.29 is 4.79 Å². The summed E-state index contributed by atoms with van der Waals surface area (Å²) in [6, 6.07) is 0. The fourth-order valence-electron chi connectivity index (χ4n) is 2.56. The lowest BCUT2D eigenvalue weighted by Gasteiger charge is -2.27. The van der Waals surface area contributed by atoms with Gasteiger partial charge in [-0.05, 0) is 25.7 Å². The largest absolute Gasteiger partial charge is 0.355 e. The highest BCUT2D eigenvalue weighted by Gasteiger charge is 2.33. The first-order valence-corrected chi connectivity index (χ1v) is 7.04. The number of hydrogen-bond acceptors (Lipinski definition) is 1. The van der Waals surface area contributed by atoms with Gasteiger partial charge in [-0.3, -0.25) is 4.79 Å². The number of nitrogens with one attached hydrogen (secondary N) is 1. The molecule has 1 amide bonds. The van der Waals surface area contributed by atoms with Gasteiger partial charge in [0.2, 0.25) is 5.91 Å². The van der Waals surface area contributed by atoms with Crippen molar-refractivity contribution in [3.05, 3.63) is 0 Å². The van der Waals surface area contributed by atoms with Crippen LogP contribution >= 0.6 is 11.6 Å². The molecular formula is C13H24ClNO. The maximum absolute atomic E-state index is 11.9. The number of carbonyl (C=O) groups excluding carboxylic acids is 1. The van der Waals surface area contributed by atoms with Crippen LogP contribution in [0.5, 0.6) is 0 Å². The summed E-state index contributed by atoms with van der Waals surface area (Å²) in [6.45, 7) is 4.91. The minimum absolute atomic E-state index is 0.175. The average molecular weight is 246 g/mol. The summed E-state index contributed by atoms with van der Waals surface area (Å²) in [5.41, 5.74) is 0.184. The van der Waals surface area contributed by atoms with E-state index in [0.717, 1.165) is 19.4 Å². The van der Waals surface area contributed by atoms with Crippen molar-refractivity contribution in [2.24, 2.45) is 11.3 Å². The summed E-state index contributed by atoms with van der Waals surface area (Å²) in [5, 5.41) is 3.09. The number of carbonyl (C=O) groups is 1. The second-order valence-electron chi connectivity index (χ2n) is 5.07. The Hall–Kier alpha value is -0.240. The van der Waals surface area contributed by atoms with Crippen molar-refractivity contribution in [2.45, 2.75) is 52.4 Å². The zero-order chi connectivity index (χ0) is 12.0. The van der Waals surface area contributed by atoms with Gasteiger partial charge in [0.05, 0.1) is 0 Å². The van der Waals surface area contributed by atoms with E-state index < -0.39 is 0 Å². The van der Waals surface area contributed by atoms with E-state index in [-0.39, 0.29) is 17.2 Å². The van der Waals surface area contributed by atoms with Gasteiger partial charge in [-0.25, -0.2) is 0 Å². The Morgan fingerprint density at radius 3 is 2.31 bits per heavy atom. The highest BCUT2D eigenvalue weighted by atomic mass is 35.5. The summed E-state index contributed by atoms with van der Waals surface area (Å²) in [7, 11) is 0. The molecule has 0 aromatic carbocycles. The van der Waals surface area contributed by atoms with Crippen LogP contribution in [0.2, 0.25) is 0 Å². The van der Waals surface area contributed by atoms with Gasteiger partial charge in [0.1, 0.15) is 0 Å². The summed E-state index contributed by atoms with van der Waals surface area (Å²) in [6.07, 6.45) is 6.70. The predicted octanol–water partition coefficient (Wildman–Crippen LogP) is 3.34. The van der Waals surface area contributed by atoms with Crippen LogP contribution in [0.1, 0.15) is 52.4 Å². The molecule has 1 saturated carbocycles. The van der Waals surface area contributed by atoms with E-state index >= 15 is 0 Å². The van der Waals surface area contributed by atoms with Gasteiger partial charge in [0.15, 0.2) is 0 Å². The van der Waals surface area contributed by atoms with Gasteiger partial charge in [0.25, 0.3) is 0 Å². The molecule has 16 heavy (non-hydrogen) atoms. The standard InChI is InChI=1S/C13H24ClNO/c1-3-11(4-2)12(16)15-10-13(9-14)7-5-6-8-13/h11H,3-10H2,1-2H3,(H,15,16). The van der Waals surface area contributed by atoms with Gasteiger partial charge in [-0.15, -0.1) is 11.6 Å². The van der Waals surface area contributed by atoms with Crippen molar-refractivity contribution in [3.8, 4) is 0 Å². The van der Waals surface area contributed by atoms with Crippen LogP contribution in [0, 0.1) is 11.3 Å². The van der Waals surface area contributed by atoms with Crippen LogP contribution in [0.15, 0.2) is 0 Å². The molecule has 0 heterocycles. The molecule has 0 aromatic heterocycles. The minimum atomic E-state index is 0.175. The van der Waals surface area contributed by atoms with E-state index in [4.69, 9.17) is 11.6 Å². The third kappa shape index (κ3) is 3.38. The summed E-state index contributed by atoms with van der Waals surface area (Å²) >= 11 is 6.04. The minimum Gasteiger partial charge on any atom is -0.355 e. The Kier molecular flexibility index (Phi) is 5.60. The van der Waals surface area contributed by atoms with Crippen LogP contribution in [0.4, 0.5) is 0 Å². The second-order valence-corrected chi connectivity index (χ2v) is 5.34. The molecule has 0 saturated heterocycles. The fourth-order valence-corrected chi connectivity index (χ4v) is 2.92. The van der Waals surface area contributed by atoms with E-state index in [1.54, 1.807) is 0 Å². The first-order valence-electron chi connectivity index (χ1n) is 6.51. The Balaban J connectivity index is 2.40. The molecule has 3 heteroatoms. The van der Waals surface area contributed by atoms with E-state index in [2.05, 4.69) is 19.2 Å². The predicted molar refractivity (Wildman–Crippen MR) is 68.7 cm³/mol. The molecule has 2 nitrogen and oxygen atoms in total. The first kappa shape index (κ1) is 13.8. The Morgan fingerprint density at radius 1 is 1.31 bits per heavy atom. The summed E-state index contributed by atoms with van der Waals surface area (Å²) in [5.74, 6) is 1.06. The lowest BCUT2D eigenvalue weighted by molar-refractivity contribution is -0.125. The molecule has 0 spiro atoms.